The quantitative estimate of drug-likeness (QED) is 0.600. The topological polar surface area (TPSA) is 9.23 Å². The van der Waals surface area contributed by atoms with Gasteiger partial charge >= 0.3 is 0 Å². The highest BCUT2D eigenvalue weighted by Gasteiger charge is 2.20. The minimum absolute atomic E-state index is 0.209. The highest BCUT2D eigenvalue weighted by molar-refractivity contribution is 14.1. The molecule has 0 bridgehead atoms. The van der Waals surface area contributed by atoms with Gasteiger partial charge in [-0.3, -0.25) is 0 Å². The first kappa shape index (κ1) is 13.4. The summed E-state index contributed by atoms with van der Waals surface area (Å²) < 4.78 is 6.63. The van der Waals surface area contributed by atoms with E-state index in [-0.39, 0.29) is 5.41 Å². The Morgan fingerprint density at radius 2 is 2.12 bits per heavy atom. The SMILES string of the molecule is C#CCOc1ccc(C(C)(C)CC)c(I)c1. The van der Waals surface area contributed by atoms with Crippen LogP contribution in [0.2, 0.25) is 0 Å². The van der Waals surface area contributed by atoms with Gasteiger partial charge in [-0.05, 0) is 52.1 Å². The minimum Gasteiger partial charge on any atom is -0.481 e. The molecule has 0 aliphatic rings. The summed E-state index contributed by atoms with van der Waals surface area (Å²) in [5.41, 5.74) is 1.57. The highest BCUT2D eigenvalue weighted by atomic mass is 127. The second kappa shape index (κ2) is 5.58. The molecule has 0 aliphatic heterocycles. The van der Waals surface area contributed by atoms with Gasteiger partial charge in [-0.1, -0.05) is 32.8 Å². The summed E-state index contributed by atoms with van der Waals surface area (Å²) in [6.45, 7) is 7.05. The van der Waals surface area contributed by atoms with E-state index in [9.17, 15) is 0 Å². The monoisotopic (exact) mass is 328 g/mol. The van der Waals surface area contributed by atoms with Crippen LogP contribution in [0.1, 0.15) is 32.8 Å². The Morgan fingerprint density at radius 3 is 2.62 bits per heavy atom. The molecule has 0 unspecified atom stereocenters. The highest BCUT2D eigenvalue weighted by Crippen LogP contribution is 2.32. The van der Waals surface area contributed by atoms with Crippen molar-refractivity contribution >= 4 is 22.6 Å². The fraction of sp³-hybridized carbons (Fsp3) is 0.429. The van der Waals surface area contributed by atoms with E-state index in [0.29, 0.717) is 6.61 Å². The van der Waals surface area contributed by atoms with Gasteiger partial charge < -0.3 is 4.74 Å². The number of ether oxygens (including phenoxy) is 1. The molecule has 0 amide bonds. The minimum atomic E-state index is 0.209. The molecule has 0 atom stereocenters. The van der Waals surface area contributed by atoms with Gasteiger partial charge in [-0.25, -0.2) is 0 Å². The second-order valence-electron chi connectivity index (χ2n) is 4.37. The van der Waals surface area contributed by atoms with Crippen LogP contribution in [0.15, 0.2) is 18.2 Å². The molecule has 0 radical (unpaired) electrons. The predicted molar refractivity (Wildman–Crippen MR) is 76.8 cm³/mol. The van der Waals surface area contributed by atoms with E-state index in [1.165, 1.54) is 9.13 Å². The van der Waals surface area contributed by atoms with Crippen LogP contribution in [0.25, 0.3) is 0 Å². The molecule has 0 spiro atoms. The fourth-order valence-corrected chi connectivity index (χ4v) is 2.67. The molecule has 0 saturated carbocycles. The van der Waals surface area contributed by atoms with E-state index in [0.717, 1.165) is 12.2 Å². The maximum Gasteiger partial charge on any atom is 0.148 e. The van der Waals surface area contributed by atoms with Crippen LogP contribution in [-0.2, 0) is 5.41 Å². The Morgan fingerprint density at radius 1 is 1.44 bits per heavy atom. The van der Waals surface area contributed by atoms with E-state index < -0.39 is 0 Å². The van der Waals surface area contributed by atoms with Crippen LogP contribution < -0.4 is 4.74 Å². The molecular formula is C14H17IO. The Labute approximate surface area is 112 Å². The number of hydrogen-bond acceptors (Lipinski definition) is 1. The largest absolute Gasteiger partial charge is 0.481 e. The fourth-order valence-electron chi connectivity index (χ4n) is 1.45. The normalized spacial score (nSPS) is 10.9. The summed E-state index contributed by atoms with van der Waals surface area (Å²) in [7, 11) is 0. The lowest BCUT2D eigenvalue weighted by atomic mass is 9.82. The van der Waals surface area contributed by atoms with Crippen molar-refractivity contribution in [2.45, 2.75) is 32.6 Å². The van der Waals surface area contributed by atoms with Gasteiger partial charge in [0.05, 0.1) is 0 Å². The summed E-state index contributed by atoms with van der Waals surface area (Å²) in [6.07, 6.45) is 6.28. The van der Waals surface area contributed by atoms with E-state index in [1.807, 2.05) is 12.1 Å². The summed E-state index contributed by atoms with van der Waals surface area (Å²) in [4.78, 5) is 0. The zero-order chi connectivity index (χ0) is 12.2. The van der Waals surface area contributed by atoms with Crippen molar-refractivity contribution in [3.05, 3.63) is 27.3 Å². The van der Waals surface area contributed by atoms with Crippen molar-refractivity contribution in [2.24, 2.45) is 0 Å². The summed E-state index contributed by atoms with van der Waals surface area (Å²) in [5.74, 6) is 3.31. The molecular weight excluding hydrogens is 311 g/mol. The number of terminal acetylenes is 1. The Balaban J connectivity index is 2.97. The summed E-state index contributed by atoms with van der Waals surface area (Å²) in [6, 6.07) is 6.17. The third kappa shape index (κ3) is 3.15. The number of benzene rings is 1. The van der Waals surface area contributed by atoms with Crippen LogP contribution in [-0.4, -0.2) is 6.61 Å². The average molecular weight is 328 g/mol. The number of rotatable bonds is 4. The van der Waals surface area contributed by atoms with Gasteiger partial charge in [0.15, 0.2) is 0 Å². The Hall–Kier alpha value is -0.690. The molecule has 0 aromatic heterocycles. The third-order valence-electron chi connectivity index (χ3n) is 2.88. The van der Waals surface area contributed by atoms with Crippen LogP contribution in [0.4, 0.5) is 0 Å². The van der Waals surface area contributed by atoms with Gasteiger partial charge in [0.2, 0.25) is 0 Å². The zero-order valence-corrected chi connectivity index (χ0v) is 12.2. The lowest BCUT2D eigenvalue weighted by molar-refractivity contribution is 0.369. The van der Waals surface area contributed by atoms with Crippen molar-refractivity contribution in [1.29, 1.82) is 0 Å². The number of halogens is 1. The summed E-state index contributed by atoms with van der Waals surface area (Å²) >= 11 is 2.35. The molecule has 1 aromatic rings. The maximum absolute atomic E-state index is 5.40. The first-order valence-corrected chi connectivity index (χ1v) is 6.45. The lowest BCUT2D eigenvalue weighted by Gasteiger charge is -2.25. The van der Waals surface area contributed by atoms with Crippen molar-refractivity contribution in [3.63, 3.8) is 0 Å². The maximum atomic E-state index is 5.40. The van der Waals surface area contributed by atoms with E-state index in [4.69, 9.17) is 11.2 Å². The standard InChI is InChI=1S/C14H17IO/c1-5-9-16-11-7-8-12(13(15)10-11)14(3,4)6-2/h1,7-8,10H,6,9H2,2-4H3. The van der Waals surface area contributed by atoms with Crippen molar-refractivity contribution in [2.75, 3.05) is 6.61 Å². The Bertz CT molecular complexity index is 402. The first-order valence-electron chi connectivity index (χ1n) is 5.37. The Kier molecular flexibility index (Phi) is 4.67. The average Bonchev–Trinajstić information content (AvgIpc) is 2.26. The molecule has 0 heterocycles. The van der Waals surface area contributed by atoms with Crippen LogP contribution >= 0.6 is 22.6 Å². The van der Waals surface area contributed by atoms with E-state index >= 15 is 0 Å². The van der Waals surface area contributed by atoms with Crippen LogP contribution in [0, 0.1) is 15.9 Å². The summed E-state index contributed by atoms with van der Waals surface area (Å²) in [5, 5.41) is 0. The van der Waals surface area contributed by atoms with Crippen LogP contribution in [0.5, 0.6) is 5.75 Å². The van der Waals surface area contributed by atoms with Gasteiger partial charge in [-0.2, -0.15) is 0 Å². The first-order chi connectivity index (χ1) is 7.51. The third-order valence-corrected chi connectivity index (χ3v) is 3.77. The molecule has 86 valence electrons. The van der Waals surface area contributed by atoms with Crippen LogP contribution in [0.3, 0.4) is 0 Å². The number of hydrogen-bond donors (Lipinski definition) is 0. The molecule has 1 aromatic carbocycles. The van der Waals surface area contributed by atoms with Gasteiger partial charge in [0, 0.05) is 3.57 Å². The second-order valence-corrected chi connectivity index (χ2v) is 5.53. The van der Waals surface area contributed by atoms with Gasteiger partial charge in [-0.15, -0.1) is 6.42 Å². The zero-order valence-electron chi connectivity index (χ0n) is 10.0. The molecule has 0 aliphatic carbocycles. The van der Waals surface area contributed by atoms with E-state index in [2.05, 4.69) is 55.3 Å². The smallest absolute Gasteiger partial charge is 0.148 e. The molecule has 0 N–H and O–H groups in total. The lowest BCUT2D eigenvalue weighted by Crippen LogP contribution is -2.17. The molecule has 1 nitrogen and oxygen atoms in total. The van der Waals surface area contributed by atoms with Crippen molar-refractivity contribution in [3.8, 4) is 18.1 Å². The molecule has 0 saturated heterocycles. The van der Waals surface area contributed by atoms with Gasteiger partial charge in [0.1, 0.15) is 12.4 Å². The van der Waals surface area contributed by atoms with E-state index in [1.54, 1.807) is 0 Å². The van der Waals surface area contributed by atoms with Crippen molar-refractivity contribution < 1.29 is 4.74 Å². The predicted octanol–water partition coefficient (Wildman–Crippen LogP) is 3.99. The van der Waals surface area contributed by atoms with Gasteiger partial charge in [0.25, 0.3) is 0 Å². The molecule has 0 fully saturated rings. The molecule has 2 heteroatoms. The molecule has 1 rings (SSSR count). The van der Waals surface area contributed by atoms with Crippen molar-refractivity contribution in [1.82, 2.24) is 0 Å². The molecule has 16 heavy (non-hydrogen) atoms.